The van der Waals surface area contributed by atoms with Gasteiger partial charge in [0.15, 0.2) is 11.5 Å². The van der Waals surface area contributed by atoms with E-state index in [2.05, 4.69) is 10.6 Å². The van der Waals surface area contributed by atoms with Gasteiger partial charge in [-0.25, -0.2) is 0 Å². The molecule has 0 spiro atoms. The molecule has 4 rings (SSSR count). The molecule has 0 aromatic heterocycles. The van der Waals surface area contributed by atoms with Crippen molar-refractivity contribution in [3.63, 3.8) is 0 Å². The molecule has 0 saturated heterocycles. The Hall–Kier alpha value is -3.80. The molecule has 0 bridgehead atoms. The minimum Gasteiger partial charge on any atom is -0.454 e. The van der Waals surface area contributed by atoms with Gasteiger partial charge in [0.25, 0.3) is 0 Å². The Labute approximate surface area is 168 Å². The average Bonchev–Trinajstić information content (AvgIpc) is 3.23. The van der Waals surface area contributed by atoms with Crippen LogP contribution in [0.1, 0.15) is 17.0 Å². The molecule has 0 atom stereocenters. The monoisotopic (exact) mass is 388 g/mol. The highest BCUT2D eigenvalue weighted by atomic mass is 16.7. The van der Waals surface area contributed by atoms with Crippen molar-refractivity contribution in [2.75, 3.05) is 18.7 Å². The molecular weight excluding hydrogens is 368 g/mol. The number of hydrogen-bond acceptors (Lipinski definition) is 4. The molecule has 1 heterocycles. The summed E-state index contributed by atoms with van der Waals surface area (Å²) in [6.45, 7) is 0.453. The van der Waals surface area contributed by atoms with Crippen molar-refractivity contribution in [2.24, 2.45) is 0 Å². The second-order valence-electron chi connectivity index (χ2n) is 6.61. The molecule has 2 N–H and O–H groups in total. The van der Waals surface area contributed by atoms with Crippen LogP contribution in [0.4, 0.5) is 5.69 Å². The van der Waals surface area contributed by atoms with Gasteiger partial charge in [-0.1, -0.05) is 60.7 Å². The smallest absolute Gasteiger partial charge is 0.313 e. The van der Waals surface area contributed by atoms with Crippen molar-refractivity contribution in [3.05, 3.63) is 90.0 Å². The third kappa shape index (κ3) is 4.38. The van der Waals surface area contributed by atoms with E-state index < -0.39 is 11.8 Å². The summed E-state index contributed by atoms with van der Waals surface area (Å²) in [4.78, 5) is 24.7. The minimum atomic E-state index is -0.733. The quantitative estimate of drug-likeness (QED) is 0.658. The number of amides is 2. The average molecular weight is 388 g/mol. The fourth-order valence-corrected chi connectivity index (χ4v) is 3.24. The number of benzene rings is 3. The zero-order valence-electron chi connectivity index (χ0n) is 15.6. The Bertz CT molecular complexity index is 966. The predicted molar refractivity (Wildman–Crippen MR) is 109 cm³/mol. The number of hydrogen-bond donors (Lipinski definition) is 2. The van der Waals surface area contributed by atoms with Crippen LogP contribution in [-0.4, -0.2) is 25.2 Å². The maximum absolute atomic E-state index is 12.4. The molecule has 6 nitrogen and oxygen atoms in total. The maximum atomic E-state index is 12.4. The molecule has 6 heteroatoms. The lowest BCUT2D eigenvalue weighted by molar-refractivity contribution is -0.136. The second-order valence-corrected chi connectivity index (χ2v) is 6.61. The van der Waals surface area contributed by atoms with Crippen LogP contribution in [0.25, 0.3) is 0 Å². The number of anilines is 1. The van der Waals surface area contributed by atoms with Gasteiger partial charge >= 0.3 is 11.8 Å². The van der Waals surface area contributed by atoms with Crippen LogP contribution in [0.3, 0.4) is 0 Å². The van der Waals surface area contributed by atoms with E-state index in [1.807, 2.05) is 60.7 Å². The molecule has 0 unspecified atom stereocenters. The number of ether oxygens (including phenoxy) is 2. The van der Waals surface area contributed by atoms with Crippen molar-refractivity contribution >= 4 is 17.5 Å². The van der Waals surface area contributed by atoms with Gasteiger partial charge in [-0.05, 0) is 23.3 Å². The van der Waals surface area contributed by atoms with Crippen molar-refractivity contribution in [1.29, 1.82) is 0 Å². The standard InChI is InChI=1S/C23H20N2O4/c26-22(23(27)25-18-11-12-20-21(13-18)29-15-28-20)24-14-19(16-7-3-1-4-8-16)17-9-5-2-6-10-17/h1-13,19H,14-15H2,(H,24,26)(H,25,27). The first kappa shape index (κ1) is 18.6. The van der Waals surface area contributed by atoms with E-state index >= 15 is 0 Å². The molecule has 3 aromatic carbocycles. The molecule has 0 radical (unpaired) electrons. The van der Waals surface area contributed by atoms with E-state index in [4.69, 9.17) is 9.47 Å². The highest BCUT2D eigenvalue weighted by Crippen LogP contribution is 2.34. The van der Waals surface area contributed by atoms with Crippen LogP contribution in [0, 0.1) is 0 Å². The summed E-state index contributed by atoms with van der Waals surface area (Å²) in [5.41, 5.74) is 2.60. The Kier molecular flexibility index (Phi) is 5.42. The molecule has 0 saturated carbocycles. The van der Waals surface area contributed by atoms with Crippen molar-refractivity contribution in [2.45, 2.75) is 5.92 Å². The number of rotatable bonds is 5. The molecule has 1 aliphatic heterocycles. The number of nitrogens with one attached hydrogen (secondary N) is 2. The van der Waals surface area contributed by atoms with Crippen molar-refractivity contribution < 1.29 is 19.1 Å². The van der Waals surface area contributed by atoms with Gasteiger partial charge in [0, 0.05) is 24.2 Å². The molecule has 0 fully saturated rings. The van der Waals surface area contributed by atoms with Crippen molar-refractivity contribution in [1.82, 2.24) is 5.32 Å². The second kappa shape index (κ2) is 8.48. The maximum Gasteiger partial charge on any atom is 0.313 e. The number of fused-ring (bicyclic) bond motifs is 1. The summed E-state index contributed by atoms with van der Waals surface area (Å²) in [5.74, 6) is -0.333. The number of carbonyl (C=O) groups excluding carboxylic acids is 2. The summed E-state index contributed by atoms with van der Waals surface area (Å²) >= 11 is 0. The van der Waals surface area contributed by atoms with Crippen LogP contribution in [0.15, 0.2) is 78.9 Å². The van der Waals surface area contributed by atoms with Crippen molar-refractivity contribution in [3.8, 4) is 11.5 Å². The highest BCUT2D eigenvalue weighted by molar-refractivity contribution is 6.39. The van der Waals surface area contributed by atoms with Crippen LogP contribution >= 0.6 is 0 Å². The predicted octanol–water partition coefficient (Wildman–Crippen LogP) is 3.30. The summed E-state index contributed by atoms with van der Waals surface area (Å²) in [5, 5.41) is 5.33. The summed E-state index contributed by atoms with van der Waals surface area (Å²) in [6, 6.07) is 24.8. The topological polar surface area (TPSA) is 76.7 Å². The van der Waals surface area contributed by atoms with Gasteiger partial charge in [0.05, 0.1) is 0 Å². The lowest BCUT2D eigenvalue weighted by Gasteiger charge is -2.18. The van der Waals surface area contributed by atoms with E-state index in [-0.39, 0.29) is 12.7 Å². The van der Waals surface area contributed by atoms with E-state index in [1.165, 1.54) is 0 Å². The summed E-state index contributed by atoms with van der Waals surface area (Å²) < 4.78 is 10.5. The first-order valence-electron chi connectivity index (χ1n) is 9.29. The highest BCUT2D eigenvalue weighted by Gasteiger charge is 2.20. The van der Waals surface area contributed by atoms with Crippen LogP contribution in [0.5, 0.6) is 11.5 Å². The van der Waals surface area contributed by atoms with Gasteiger partial charge in [-0.3, -0.25) is 9.59 Å². The molecule has 2 amide bonds. The third-order valence-corrected chi connectivity index (χ3v) is 4.71. The van der Waals surface area contributed by atoms with E-state index in [0.717, 1.165) is 11.1 Å². The summed E-state index contributed by atoms with van der Waals surface area (Å²) in [7, 11) is 0. The van der Waals surface area contributed by atoms with Gasteiger partial charge in [0.1, 0.15) is 0 Å². The largest absolute Gasteiger partial charge is 0.454 e. The normalized spacial score (nSPS) is 11.9. The third-order valence-electron chi connectivity index (χ3n) is 4.71. The Balaban J connectivity index is 1.42. The van der Waals surface area contributed by atoms with Gasteiger partial charge in [-0.2, -0.15) is 0 Å². The zero-order valence-corrected chi connectivity index (χ0v) is 15.6. The zero-order chi connectivity index (χ0) is 20.1. The molecule has 1 aliphatic rings. The SMILES string of the molecule is O=C(NCC(c1ccccc1)c1ccccc1)C(=O)Nc1ccc2c(c1)OCO2. The first-order valence-corrected chi connectivity index (χ1v) is 9.29. The van der Waals surface area contributed by atoms with Gasteiger partial charge < -0.3 is 20.1 Å². The minimum absolute atomic E-state index is 0.0558. The summed E-state index contributed by atoms with van der Waals surface area (Å²) in [6.07, 6.45) is 0. The van der Waals surface area contributed by atoms with Crippen LogP contribution in [-0.2, 0) is 9.59 Å². The molecule has 146 valence electrons. The molecule has 29 heavy (non-hydrogen) atoms. The fraction of sp³-hybridized carbons (Fsp3) is 0.130. The first-order chi connectivity index (χ1) is 14.2. The van der Waals surface area contributed by atoms with E-state index in [1.54, 1.807) is 18.2 Å². The molecule has 3 aromatic rings. The van der Waals surface area contributed by atoms with Gasteiger partial charge in [-0.15, -0.1) is 0 Å². The van der Waals surface area contributed by atoms with E-state index in [0.29, 0.717) is 23.7 Å². The van der Waals surface area contributed by atoms with Gasteiger partial charge in [0.2, 0.25) is 6.79 Å². The van der Waals surface area contributed by atoms with Crippen LogP contribution in [0.2, 0.25) is 0 Å². The molecular formula is C23H20N2O4. The lowest BCUT2D eigenvalue weighted by Crippen LogP contribution is -2.37. The Morgan fingerprint density at radius 3 is 2.07 bits per heavy atom. The lowest BCUT2D eigenvalue weighted by atomic mass is 9.91. The molecule has 0 aliphatic carbocycles. The Morgan fingerprint density at radius 2 is 1.41 bits per heavy atom. The fourth-order valence-electron chi connectivity index (χ4n) is 3.24. The van der Waals surface area contributed by atoms with Crippen LogP contribution < -0.4 is 20.1 Å². The Morgan fingerprint density at radius 1 is 0.793 bits per heavy atom. The number of carbonyl (C=O) groups is 2. The van der Waals surface area contributed by atoms with E-state index in [9.17, 15) is 9.59 Å².